The minimum atomic E-state index is -0.501. The van der Waals surface area contributed by atoms with E-state index in [9.17, 15) is 19.2 Å². The van der Waals surface area contributed by atoms with Gasteiger partial charge in [-0.2, -0.15) is 5.06 Å². The van der Waals surface area contributed by atoms with E-state index in [2.05, 4.69) is 77.8 Å². The second-order valence-electron chi connectivity index (χ2n) is 21.9. The summed E-state index contributed by atoms with van der Waals surface area (Å²) < 4.78 is 22.7. The van der Waals surface area contributed by atoms with E-state index in [-0.39, 0.29) is 24.3 Å². The topological polar surface area (TPSA) is 118 Å². The summed E-state index contributed by atoms with van der Waals surface area (Å²) in [4.78, 5) is 58.8. The fourth-order valence-corrected chi connectivity index (χ4v) is 9.66. The molecule has 0 fully saturated rings. The van der Waals surface area contributed by atoms with Crippen molar-refractivity contribution in [2.45, 2.75) is 92.0 Å². The maximum absolute atomic E-state index is 13.2. The van der Waals surface area contributed by atoms with Crippen molar-refractivity contribution in [3.8, 4) is 50.6 Å². The van der Waals surface area contributed by atoms with Gasteiger partial charge < -0.3 is 18.9 Å². The minimum Gasteiger partial charge on any atom is -0.457 e. The molecule has 83 heavy (non-hydrogen) atoms. The molecule has 0 bridgehead atoms. The van der Waals surface area contributed by atoms with Crippen LogP contribution in [-0.4, -0.2) is 34.5 Å². The molecule has 0 aliphatic heterocycles. The normalized spacial score (nSPS) is 12.1. The maximum Gasteiger partial charge on any atom is 0.343 e. The molecule has 0 aliphatic carbocycles. The summed E-state index contributed by atoms with van der Waals surface area (Å²) >= 11 is 0. The molecule has 10 nitrogen and oxygen atoms in total. The van der Waals surface area contributed by atoms with Crippen molar-refractivity contribution in [1.82, 2.24) is 5.06 Å². The van der Waals surface area contributed by atoms with E-state index in [1.54, 1.807) is 84.9 Å². The van der Waals surface area contributed by atoms with Crippen LogP contribution < -0.4 is 14.2 Å². The number of benzene rings is 9. The number of hydroxylamine groups is 2. The predicted molar refractivity (Wildman–Crippen MR) is 326 cm³/mol. The molecule has 10 heteroatoms. The van der Waals surface area contributed by atoms with Gasteiger partial charge in [-0.3, -0.25) is 4.84 Å². The summed E-state index contributed by atoms with van der Waals surface area (Å²) in [6.07, 6.45) is 3.00. The number of rotatable bonds is 21. The lowest BCUT2D eigenvalue weighted by molar-refractivity contribution is -0.272. The van der Waals surface area contributed by atoms with Gasteiger partial charge in [-0.1, -0.05) is 167 Å². The van der Waals surface area contributed by atoms with Crippen LogP contribution in [0, 0.1) is 5.92 Å². The summed E-state index contributed by atoms with van der Waals surface area (Å²) in [5.74, 6) is -0.295. The second-order valence-corrected chi connectivity index (χ2v) is 21.9. The van der Waals surface area contributed by atoms with Gasteiger partial charge in [-0.25, -0.2) is 19.2 Å². The molecule has 9 aromatic carbocycles. The molecule has 420 valence electrons. The lowest BCUT2D eigenvalue weighted by Crippen LogP contribution is -2.46. The number of nitrogens with zero attached hydrogens (tertiary/aromatic N) is 1. The van der Waals surface area contributed by atoms with Gasteiger partial charge >= 0.3 is 23.9 Å². The largest absolute Gasteiger partial charge is 0.457 e. The first-order valence-corrected chi connectivity index (χ1v) is 28.2. The van der Waals surface area contributed by atoms with E-state index in [0.29, 0.717) is 45.4 Å². The smallest absolute Gasteiger partial charge is 0.343 e. The molecule has 0 saturated carbocycles. The van der Waals surface area contributed by atoms with E-state index in [4.69, 9.17) is 23.8 Å². The highest BCUT2D eigenvalue weighted by molar-refractivity contribution is 5.93. The van der Waals surface area contributed by atoms with Crippen molar-refractivity contribution in [1.29, 1.82) is 0 Å². The van der Waals surface area contributed by atoms with Gasteiger partial charge in [-0.15, -0.1) is 0 Å². The SMILES string of the molecule is CCCCc1ccc(C(=O)Oc2ccc(-c3ccc(C(=O)Oc4ccc(-c5ccc(C(=O)Oc6ccc(-c7ccc(C(=O)OCc8ccc(C(C)ON(C(c9ccccc9)C(C)C)C(C)(C)C)cc8)cc7)cc6)cc5)cc4)cc3)cc2)cc1. The molecule has 0 aromatic heterocycles. The van der Waals surface area contributed by atoms with Crippen LogP contribution in [0.4, 0.5) is 0 Å². The quantitative estimate of drug-likeness (QED) is 0.0391. The molecule has 0 heterocycles. The molecule has 9 rings (SSSR count). The molecule has 0 radical (unpaired) electrons. The van der Waals surface area contributed by atoms with Crippen molar-refractivity contribution in [3.05, 3.63) is 269 Å². The van der Waals surface area contributed by atoms with Crippen molar-refractivity contribution < 1.29 is 43.0 Å². The molecule has 2 unspecified atom stereocenters. The molecule has 2 atom stereocenters. The first-order valence-electron chi connectivity index (χ1n) is 28.2. The zero-order chi connectivity index (χ0) is 58.5. The highest BCUT2D eigenvalue weighted by Crippen LogP contribution is 2.37. The highest BCUT2D eigenvalue weighted by atomic mass is 16.7. The standard InChI is InChI=1S/C73H69NO9/c1-8-9-13-51-16-22-62(23-17-51)70(76)80-65-42-38-58(39-43-65)55-26-32-64(33-27-55)72(78)82-67-46-40-59(41-47-67)56-28-34-63(35-29-56)71(77)81-66-44-36-57(37-45-66)54-24-30-61(31-25-54)69(75)79-48-52-18-20-53(21-19-52)50(4)83-74(73(5,6)7)68(49(2)3)60-14-11-10-12-15-60/h10-12,14-47,49-50,68H,8-9,13,48H2,1-7H3. The van der Waals surface area contributed by atoms with E-state index in [1.165, 1.54) is 11.1 Å². The summed E-state index contributed by atoms with van der Waals surface area (Å²) in [5.41, 5.74) is 11.0. The molecular weight excluding hydrogens is 1030 g/mol. The number of ether oxygens (including phenoxy) is 4. The van der Waals surface area contributed by atoms with E-state index in [0.717, 1.165) is 63.8 Å². The van der Waals surface area contributed by atoms with Gasteiger partial charge in [0, 0.05) is 5.54 Å². The third-order valence-electron chi connectivity index (χ3n) is 14.3. The van der Waals surface area contributed by atoms with Gasteiger partial charge in [0.1, 0.15) is 30.0 Å². The molecule has 0 aliphatic rings. The Hall–Kier alpha value is -9.22. The Labute approximate surface area is 487 Å². The van der Waals surface area contributed by atoms with Crippen LogP contribution in [0.2, 0.25) is 0 Å². The van der Waals surface area contributed by atoms with Crippen LogP contribution in [0.5, 0.6) is 17.2 Å². The Kier molecular flexibility index (Phi) is 19.0. The van der Waals surface area contributed by atoms with Gasteiger partial charge in [-0.05, 0) is 187 Å². The molecular formula is C73H69NO9. The molecule has 0 saturated heterocycles. The maximum atomic E-state index is 13.2. The Morgan fingerprint density at radius 2 is 0.759 bits per heavy atom. The summed E-state index contributed by atoms with van der Waals surface area (Å²) in [5, 5.41) is 2.13. The fourth-order valence-electron chi connectivity index (χ4n) is 9.66. The van der Waals surface area contributed by atoms with E-state index >= 15 is 0 Å². The third kappa shape index (κ3) is 15.4. The van der Waals surface area contributed by atoms with Crippen LogP contribution in [0.1, 0.15) is 137 Å². The van der Waals surface area contributed by atoms with Crippen molar-refractivity contribution in [3.63, 3.8) is 0 Å². The zero-order valence-electron chi connectivity index (χ0n) is 48.0. The van der Waals surface area contributed by atoms with Crippen molar-refractivity contribution in [2.24, 2.45) is 5.92 Å². The van der Waals surface area contributed by atoms with Crippen LogP contribution in [0.25, 0.3) is 33.4 Å². The number of esters is 4. The first kappa shape index (κ1) is 58.4. The lowest BCUT2D eigenvalue weighted by Gasteiger charge is -2.44. The summed E-state index contributed by atoms with van der Waals surface area (Å²) in [6, 6.07) is 69.0. The molecule has 0 N–H and O–H groups in total. The molecule has 0 spiro atoms. The van der Waals surface area contributed by atoms with E-state index in [1.807, 2.05) is 115 Å². The van der Waals surface area contributed by atoms with Gasteiger partial charge in [0.15, 0.2) is 0 Å². The van der Waals surface area contributed by atoms with Gasteiger partial charge in [0.2, 0.25) is 0 Å². The van der Waals surface area contributed by atoms with Crippen molar-refractivity contribution >= 4 is 23.9 Å². The summed E-state index contributed by atoms with van der Waals surface area (Å²) in [7, 11) is 0. The third-order valence-corrected chi connectivity index (χ3v) is 14.3. The Balaban J connectivity index is 0.708. The summed E-state index contributed by atoms with van der Waals surface area (Å²) in [6.45, 7) is 15.3. The number of aryl methyl sites for hydroxylation is 1. The van der Waals surface area contributed by atoms with Crippen molar-refractivity contribution in [2.75, 3.05) is 0 Å². The fraction of sp³-hybridized carbons (Fsp3) is 0.205. The number of unbranched alkanes of at least 4 members (excludes halogenated alkanes) is 1. The molecule has 0 amide bonds. The second kappa shape index (κ2) is 27.0. The van der Waals surface area contributed by atoms with Crippen LogP contribution in [0.15, 0.2) is 224 Å². The average Bonchev–Trinajstić information content (AvgIpc) is 3.52. The first-order chi connectivity index (χ1) is 40.1. The Bertz CT molecular complexity index is 3590. The number of carbonyl (C=O) groups excluding carboxylic acids is 4. The van der Waals surface area contributed by atoms with Gasteiger partial charge in [0.25, 0.3) is 0 Å². The number of carbonyl (C=O) groups is 4. The highest BCUT2D eigenvalue weighted by Gasteiger charge is 2.35. The Morgan fingerprint density at radius 3 is 1.12 bits per heavy atom. The van der Waals surface area contributed by atoms with Gasteiger partial charge in [0.05, 0.1) is 28.3 Å². The van der Waals surface area contributed by atoms with Crippen LogP contribution >= 0.6 is 0 Å². The Morgan fingerprint density at radius 1 is 0.410 bits per heavy atom. The predicted octanol–water partition coefficient (Wildman–Crippen LogP) is 17.5. The minimum absolute atomic E-state index is 0.0668. The zero-order valence-corrected chi connectivity index (χ0v) is 48.0. The monoisotopic (exact) mass is 1100 g/mol. The number of hydrogen-bond acceptors (Lipinski definition) is 10. The van der Waals surface area contributed by atoms with Crippen LogP contribution in [-0.2, 0) is 22.6 Å². The number of hydrogen-bond donors (Lipinski definition) is 0. The average molecular weight is 1100 g/mol. The van der Waals surface area contributed by atoms with Crippen LogP contribution in [0.3, 0.4) is 0 Å². The van der Waals surface area contributed by atoms with E-state index < -0.39 is 23.9 Å². The lowest BCUT2D eigenvalue weighted by atomic mass is 9.92. The molecule has 9 aromatic rings.